The Hall–Kier alpha value is -2.05. The van der Waals surface area contributed by atoms with Crippen LogP contribution in [0.2, 0.25) is 0 Å². The van der Waals surface area contributed by atoms with Gasteiger partial charge in [0.1, 0.15) is 41.5 Å². The van der Waals surface area contributed by atoms with Crippen molar-refractivity contribution in [2.24, 2.45) is 23.7 Å². The molecule has 0 aromatic heterocycles. The Bertz CT molecular complexity index is 1730. The molecule has 6 aliphatic heterocycles. The van der Waals surface area contributed by atoms with Crippen molar-refractivity contribution in [3.63, 3.8) is 0 Å². The third-order valence-electron chi connectivity index (χ3n) is 15.5. The van der Waals surface area contributed by atoms with E-state index in [-0.39, 0.29) is 30.8 Å². The Kier molecular flexibility index (Phi) is 15.2. The number of aliphatic hydroxyl groups excluding tert-OH is 2. The summed E-state index contributed by atoms with van der Waals surface area (Å²) in [6.07, 6.45) is 7.45. The summed E-state index contributed by atoms with van der Waals surface area (Å²) in [4.78, 5) is 14.5. The molecule has 5 fully saturated rings. The first kappa shape index (κ1) is 48.9. The Morgan fingerprint density at radius 1 is 0.921 bits per heavy atom. The number of fused-ring (bicyclic) bond motifs is 2. The van der Waals surface area contributed by atoms with E-state index in [4.69, 9.17) is 47.4 Å². The Balaban J connectivity index is 1.19. The van der Waals surface area contributed by atoms with Gasteiger partial charge in [-0.05, 0) is 76.0 Å². The SMILES string of the molecule is CC[C@H](C)[C@H]1O[C@]2(CC[C@@H]1C)C[C@@H]1C[C@@H](C/C=C(\C)[C@@H](O[C@H]3C[C@H](OC)[C@@H](O[C@H]4C[C@H](OC)[C@@H](O)[C@H](C)O4)[C@H](C)O3)[C@@H](C)/C=C/C=C3\CO[C@]4(C)[C@H](O)C(C)=C[C@@H](C(=O)O1)[C@]34O)O2. The highest BCUT2D eigenvalue weighted by atomic mass is 16.7. The smallest absolute Gasteiger partial charge is 0.316 e. The van der Waals surface area contributed by atoms with E-state index < -0.39 is 90.3 Å². The van der Waals surface area contributed by atoms with Gasteiger partial charge in [-0.15, -0.1) is 0 Å². The molecular formula is C49H76O14. The lowest BCUT2D eigenvalue weighted by molar-refractivity contribution is -0.340. The summed E-state index contributed by atoms with van der Waals surface area (Å²) in [6, 6.07) is 0. The standard InChI is InChI=1S/C49H76O14/c1-12-26(2)43-29(5)18-19-48(63-43)24-35-21-34(62-48)17-16-28(4)42(60-40-23-38(55-11)44(32(8)58-40)61-39-22-37(54-10)41(50)31(7)57-39)27(3)14-13-15-33-25-56-47(9)45(51)30(6)20-36(46(52)59-35)49(33,47)53/h13-16,20,26-27,29,31-32,34-45,50-51,53H,12,17-19,21-25H2,1-11H3/b14-13+,28-16+,33-15+/t26-,27-,29-,31-,32-,34+,35-,36-,37-,38-,39-,40-,41-,42-,43+,44-,45+,47+,48+,49+/m0/s1. The summed E-state index contributed by atoms with van der Waals surface area (Å²) in [5.74, 6) is -2.16. The number of allylic oxidation sites excluding steroid dienone is 2. The van der Waals surface area contributed by atoms with Gasteiger partial charge in [-0.2, -0.15) is 0 Å². The summed E-state index contributed by atoms with van der Waals surface area (Å²) in [5, 5.41) is 34.8. The van der Waals surface area contributed by atoms with Crippen LogP contribution in [0, 0.1) is 23.7 Å². The van der Waals surface area contributed by atoms with E-state index in [1.54, 1.807) is 47.1 Å². The number of esters is 1. The summed E-state index contributed by atoms with van der Waals surface area (Å²) in [6.45, 7) is 17.9. The van der Waals surface area contributed by atoms with Gasteiger partial charge in [0.25, 0.3) is 0 Å². The zero-order valence-corrected chi connectivity index (χ0v) is 39.4. The van der Waals surface area contributed by atoms with Gasteiger partial charge in [0.2, 0.25) is 0 Å². The van der Waals surface area contributed by atoms with Gasteiger partial charge in [0.15, 0.2) is 18.4 Å². The van der Waals surface area contributed by atoms with E-state index >= 15 is 0 Å². The van der Waals surface area contributed by atoms with Crippen LogP contribution in [0.15, 0.2) is 47.1 Å². The molecule has 63 heavy (non-hydrogen) atoms. The first-order chi connectivity index (χ1) is 29.9. The molecule has 1 spiro atoms. The highest BCUT2D eigenvalue weighted by molar-refractivity contribution is 5.79. The fourth-order valence-corrected chi connectivity index (χ4v) is 11.4. The van der Waals surface area contributed by atoms with Gasteiger partial charge in [0.05, 0.1) is 49.3 Å². The second-order valence-corrected chi connectivity index (χ2v) is 19.9. The molecule has 356 valence electrons. The van der Waals surface area contributed by atoms with Crippen LogP contribution in [-0.4, -0.2) is 139 Å². The number of ether oxygens (including phenoxy) is 10. The molecule has 14 nitrogen and oxygen atoms in total. The Morgan fingerprint density at radius 2 is 1.62 bits per heavy atom. The van der Waals surface area contributed by atoms with Gasteiger partial charge in [-0.1, -0.05) is 64.5 Å². The van der Waals surface area contributed by atoms with Crippen LogP contribution in [0.25, 0.3) is 0 Å². The lowest BCUT2D eigenvalue weighted by Gasteiger charge is -2.51. The maximum atomic E-state index is 14.5. The highest BCUT2D eigenvalue weighted by Gasteiger charge is 2.67. The van der Waals surface area contributed by atoms with E-state index in [1.165, 1.54) is 0 Å². The van der Waals surface area contributed by atoms with Crippen LogP contribution in [-0.2, 0) is 52.2 Å². The molecule has 1 aliphatic carbocycles. The lowest BCUT2D eigenvalue weighted by Crippen LogP contribution is -2.65. The number of aliphatic hydroxyl groups is 3. The van der Waals surface area contributed by atoms with Gasteiger partial charge >= 0.3 is 5.97 Å². The van der Waals surface area contributed by atoms with Crippen LogP contribution in [0.4, 0.5) is 0 Å². The molecule has 0 amide bonds. The predicted octanol–water partition coefficient (Wildman–Crippen LogP) is 5.99. The number of carbonyl (C=O) groups is 1. The first-order valence-corrected chi connectivity index (χ1v) is 23.6. The number of carbonyl (C=O) groups excluding carboxylic acids is 1. The van der Waals surface area contributed by atoms with E-state index in [9.17, 15) is 20.1 Å². The number of hydrogen-bond acceptors (Lipinski definition) is 14. The van der Waals surface area contributed by atoms with Crippen molar-refractivity contribution < 1.29 is 67.5 Å². The van der Waals surface area contributed by atoms with Crippen LogP contribution >= 0.6 is 0 Å². The monoisotopic (exact) mass is 889 g/mol. The third-order valence-corrected chi connectivity index (χ3v) is 15.5. The molecule has 0 unspecified atom stereocenters. The van der Waals surface area contributed by atoms with Crippen molar-refractivity contribution in [3.8, 4) is 0 Å². The van der Waals surface area contributed by atoms with Crippen LogP contribution in [0.5, 0.6) is 0 Å². The minimum atomic E-state index is -1.88. The van der Waals surface area contributed by atoms with Crippen molar-refractivity contribution in [2.45, 2.75) is 210 Å². The maximum absolute atomic E-state index is 14.5. The average molecular weight is 889 g/mol. The quantitative estimate of drug-likeness (QED) is 0.192. The number of hydrogen-bond donors (Lipinski definition) is 3. The summed E-state index contributed by atoms with van der Waals surface area (Å²) >= 11 is 0. The number of rotatable bonds is 8. The van der Waals surface area contributed by atoms with Crippen molar-refractivity contribution in [1.29, 1.82) is 0 Å². The molecule has 3 N–H and O–H groups in total. The van der Waals surface area contributed by atoms with E-state index in [2.05, 4.69) is 40.7 Å². The average Bonchev–Trinajstić information content (AvgIpc) is 3.52. The summed E-state index contributed by atoms with van der Waals surface area (Å²) < 4.78 is 64.2. The first-order valence-electron chi connectivity index (χ1n) is 23.6. The second-order valence-electron chi connectivity index (χ2n) is 19.9. The fourth-order valence-electron chi connectivity index (χ4n) is 11.4. The minimum Gasteiger partial charge on any atom is -0.462 e. The number of methoxy groups -OCH3 is 2. The topological polar surface area (TPSA) is 170 Å². The second kappa shape index (κ2) is 19.7. The van der Waals surface area contributed by atoms with E-state index in [1.807, 2.05) is 19.1 Å². The van der Waals surface area contributed by atoms with E-state index in [0.29, 0.717) is 61.5 Å². The largest absolute Gasteiger partial charge is 0.462 e. The molecule has 5 saturated heterocycles. The van der Waals surface area contributed by atoms with Crippen LogP contribution < -0.4 is 0 Å². The predicted molar refractivity (Wildman–Crippen MR) is 232 cm³/mol. The summed E-state index contributed by atoms with van der Waals surface area (Å²) in [7, 11) is 3.23. The normalized spacial score (nSPS) is 50.0. The maximum Gasteiger partial charge on any atom is 0.316 e. The van der Waals surface area contributed by atoms with Crippen molar-refractivity contribution in [2.75, 3.05) is 20.8 Å². The molecule has 0 aromatic carbocycles. The fraction of sp³-hybridized carbons (Fsp3) is 0.816. The van der Waals surface area contributed by atoms with Crippen LogP contribution in [0.3, 0.4) is 0 Å². The van der Waals surface area contributed by atoms with Gasteiger partial charge in [-0.3, -0.25) is 4.79 Å². The van der Waals surface area contributed by atoms with Gasteiger partial charge < -0.3 is 62.7 Å². The lowest BCUT2D eigenvalue weighted by atomic mass is 9.64. The van der Waals surface area contributed by atoms with Crippen molar-refractivity contribution >= 4 is 5.97 Å². The molecule has 0 aromatic rings. The third kappa shape index (κ3) is 9.58. The molecule has 2 bridgehead atoms. The molecule has 14 heteroatoms. The van der Waals surface area contributed by atoms with E-state index in [0.717, 1.165) is 18.4 Å². The summed E-state index contributed by atoms with van der Waals surface area (Å²) in [5.41, 5.74) is -1.39. The molecule has 7 aliphatic rings. The van der Waals surface area contributed by atoms with Crippen molar-refractivity contribution in [3.05, 3.63) is 47.1 Å². The molecule has 0 radical (unpaired) electrons. The van der Waals surface area contributed by atoms with Gasteiger partial charge in [0, 0.05) is 52.2 Å². The van der Waals surface area contributed by atoms with Crippen LogP contribution in [0.1, 0.15) is 114 Å². The van der Waals surface area contributed by atoms with Crippen molar-refractivity contribution in [1.82, 2.24) is 0 Å². The Labute approximate surface area is 374 Å². The zero-order chi connectivity index (χ0) is 45.6. The highest BCUT2D eigenvalue weighted by Crippen LogP contribution is 2.53. The minimum absolute atomic E-state index is 0.0118. The molecule has 6 heterocycles. The molecule has 7 rings (SSSR count). The zero-order valence-electron chi connectivity index (χ0n) is 39.4. The molecular weight excluding hydrogens is 813 g/mol. The molecule has 0 saturated carbocycles. The Morgan fingerprint density at radius 3 is 2.33 bits per heavy atom. The molecule has 20 atom stereocenters. The van der Waals surface area contributed by atoms with Gasteiger partial charge in [-0.25, -0.2) is 0 Å².